The minimum Gasteiger partial charge on any atom is -0.383 e. The molecule has 0 spiro atoms. The van der Waals surface area contributed by atoms with E-state index in [1.54, 1.807) is 7.11 Å². The number of hydrogen-bond donors (Lipinski definition) is 2. The van der Waals surface area contributed by atoms with Gasteiger partial charge in [-0.1, -0.05) is 64.7 Å². The summed E-state index contributed by atoms with van der Waals surface area (Å²) < 4.78 is 4.85. The van der Waals surface area contributed by atoms with Gasteiger partial charge in [-0.25, -0.2) is 0 Å². The SMILES string of the molecule is CCCCCCCCCCCCNC(=O)C(N)COC. The van der Waals surface area contributed by atoms with Gasteiger partial charge >= 0.3 is 0 Å². The predicted molar refractivity (Wildman–Crippen MR) is 84.7 cm³/mol. The van der Waals surface area contributed by atoms with E-state index in [1.807, 2.05) is 0 Å². The Bertz CT molecular complexity index is 223. The summed E-state index contributed by atoms with van der Waals surface area (Å²) in [6.45, 7) is 3.26. The second-order valence-electron chi connectivity index (χ2n) is 5.53. The maximum absolute atomic E-state index is 11.5. The van der Waals surface area contributed by atoms with Gasteiger partial charge in [0.05, 0.1) is 6.61 Å². The highest BCUT2D eigenvalue weighted by atomic mass is 16.5. The maximum atomic E-state index is 11.5. The molecule has 0 heterocycles. The first-order valence-electron chi connectivity index (χ1n) is 8.24. The Hall–Kier alpha value is -0.610. The quantitative estimate of drug-likeness (QED) is 0.482. The minimum absolute atomic E-state index is 0.109. The van der Waals surface area contributed by atoms with E-state index in [2.05, 4.69) is 12.2 Å². The Morgan fingerprint density at radius 1 is 1.00 bits per heavy atom. The van der Waals surface area contributed by atoms with Crippen molar-refractivity contribution < 1.29 is 9.53 Å². The summed E-state index contributed by atoms with van der Waals surface area (Å²) in [5.41, 5.74) is 5.62. The summed E-state index contributed by atoms with van der Waals surface area (Å²) in [5, 5.41) is 2.85. The highest BCUT2D eigenvalue weighted by molar-refractivity contribution is 5.81. The lowest BCUT2D eigenvalue weighted by atomic mass is 10.1. The third-order valence-corrected chi connectivity index (χ3v) is 3.51. The lowest BCUT2D eigenvalue weighted by Gasteiger charge is -2.10. The van der Waals surface area contributed by atoms with Gasteiger partial charge in [0.15, 0.2) is 0 Å². The first-order valence-corrected chi connectivity index (χ1v) is 8.24. The van der Waals surface area contributed by atoms with Crippen LogP contribution in [0.4, 0.5) is 0 Å². The molecule has 1 amide bonds. The zero-order valence-electron chi connectivity index (χ0n) is 13.5. The van der Waals surface area contributed by atoms with Gasteiger partial charge in [-0.15, -0.1) is 0 Å². The van der Waals surface area contributed by atoms with Gasteiger partial charge in [0.25, 0.3) is 0 Å². The average molecular weight is 286 g/mol. The van der Waals surface area contributed by atoms with E-state index < -0.39 is 6.04 Å². The maximum Gasteiger partial charge on any atom is 0.239 e. The van der Waals surface area contributed by atoms with Crippen molar-refractivity contribution in [3.63, 3.8) is 0 Å². The molecule has 0 saturated heterocycles. The van der Waals surface area contributed by atoms with E-state index in [4.69, 9.17) is 10.5 Å². The number of rotatable bonds is 14. The van der Waals surface area contributed by atoms with Crippen LogP contribution in [0, 0.1) is 0 Å². The van der Waals surface area contributed by atoms with Gasteiger partial charge in [0.2, 0.25) is 5.91 Å². The zero-order chi connectivity index (χ0) is 15.1. The van der Waals surface area contributed by atoms with Gasteiger partial charge in [-0.3, -0.25) is 4.79 Å². The Labute approximate surface area is 124 Å². The molecule has 0 aliphatic heterocycles. The van der Waals surface area contributed by atoms with Crippen LogP contribution in [-0.2, 0) is 9.53 Å². The number of nitrogens with two attached hydrogens (primary N) is 1. The monoisotopic (exact) mass is 286 g/mol. The average Bonchev–Trinajstić information content (AvgIpc) is 2.44. The van der Waals surface area contributed by atoms with Gasteiger partial charge in [-0.05, 0) is 6.42 Å². The van der Waals surface area contributed by atoms with E-state index in [9.17, 15) is 4.79 Å². The molecule has 0 aromatic carbocycles. The van der Waals surface area contributed by atoms with Crippen molar-refractivity contribution in [3.05, 3.63) is 0 Å². The van der Waals surface area contributed by atoms with Crippen molar-refractivity contribution in [3.8, 4) is 0 Å². The Morgan fingerprint density at radius 2 is 1.50 bits per heavy atom. The van der Waals surface area contributed by atoms with Gasteiger partial charge in [0, 0.05) is 13.7 Å². The standard InChI is InChI=1S/C16H34N2O2/c1-3-4-5-6-7-8-9-10-11-12-13-18-16(19)15(17)14-20-2/h15H,3-14,17H2,1-2H3,(H,18,19). The lowest BCUT2D eigenvalue weighted by molar-refractivity contribution is -0.123. The molecule has 1 atom stereocenters. The smallest absolute Gasteiger partial charge is 0.239 e. The molecule has 0 bridgehead atoms. The summed E-state index contributed by atoms with van der Waals surface area (Å²) in [4.78, 5) is 11.5. The van der Waals surface area contributed by atoms with Crippen LogP contribution in [-0.4, -0.2) is 32.2 Å². The van der Waals surface area contributed by atoms with E-state index in [0.29, 0.717) is 0 Å². The van der Waals surface area contributed by atoms with Crippen LogP contribution in [0.5, 0.6) is 0 Å². The third-order valence-electron chi connectivity index (χ3n) is 3.51. The first-order chi connectivity index (χ1) is 9.72. The zero-order valence-corrected chi connectivity index (χ0v) is 13.5. The third kappa shape index (κ3) is 12.4. The molecule has 0 aromatic rings. The van der Waals surface area contributed by atoms with Gasteiger partial charge in [0.1, 0.15) is 6.04 Å². The van der Waals surface area contributed by atoms with Crippen molar-refractivity contribution >= 4 is 5.91 Å². The van der Waals surface area contributed by atoms with E-state index in [0.717, 1.165) is 13.0 Å². The van der Waals surface area contributed by atoms with Gasteiger partial charge in [-0.2, -0.15) is 0 Å². The molecule has 120 valence electrons. The predicted octanol–water partition coefficient (Wildman–Crippen LogP) is 3.00. The van der Waals surface area contributed by atoms with Crippen LogP contribution in [0.2, 0.25) is 0 Å². The van der Waals surface area contributed by atoms with E-state index in [1.165, 1.54) is 57.8 Å². The summed E-state index contributed by atoms with van der Waals surface area (Å²) in [6.07, 6.45) is 13.0. The normalized spacial score (nSPS) is 12.3. The van der Waals surface area contributed by atoms with Crippen molar-refractivity contribution in [2.75, 3.05) is 20.3 Å². The number of ether oxygens (including phenoxy) is 1. The molecule has 20 heavy (non-hydrogen) atoms. The molecular weight excluding hydrogens is 252 g/mol. The minimum atomic E-state index is -0.539. The fourth-order valence-electron chi connectivity index (χ4n) is 2.21. The summed E-state index contributed by atoms with van der Waals surface area (Å²) >= 11 is 0. The van der Waals surface area contributed by atoms with Crippen molar-refractivity contribution in [2.24, 2.45) is 5.73 Å². The molecule has 0 aliphatic carbocycles. The molecule has 0 fully saturated rings. The van der Waals surface area contributed by atoms with Crippen LogP contribution in [0.3, 0.4) is 0 Å². The van der Waals surface area contributed by atoms with Crippen molar-refractivity contribution in [1.29, 1.82) is 0 Å². The van der Waals surface area contributed by atoms with Crippen LogP contribution in [0.1, 0.15) is 71.1 Å². The van der Waals surface area contributed by atoms with Crippen LogP contribution >= 0.6 is 0 Å². The number of methoxy groups -OCH3 is 1. The first kappa shape index (κ1) is 19.4. The Kier molecular flexibility index (Phi) is 14.3. The highest BCUT2D eigenvalue weighted by Gasteiger charge is 2.11. The molecule has 0 aromatic heterocycles. The number of carbonyl (C=O) groups excluding carboxylic acids is 1. The van der Waals surface area contributed by atoms with E-state index in [-0.39, 0.29) is 12.5 Å². The second-order valence-corrected chi connectivity index (χ2v) is 5.53. The number of unbranched alkanes of at least 4 members (excludes halogenated alkanes) is 9. The molecule has 3 N–H and O–H groups in total. The number of carbonyl (C=O) groups is 1. The number of hydrogen-bond acceptors (Lipinski definition) is 3. The molecule has 4 heteroatoms. The largest absolute Gasteiger partial charge is 0.383 e. The molecule has 4 nitrogen and oxygen atoms in total. The lowest BCUT2D eigenvalue weighted by Crippen LogP contribution is -2.43. The Balaban J connectivity index is 3.18. The fraction of sp³-hybridized carbons (Fsp3) is 0.938. The summed E-state index contributed by atoms with van der Waals surface area (Å²) in [5.74, 6) is -0.109. The van der Waals surface area contributed by atoms with Crippen LogP contribution in [0.15, 0.2) is 0 Å². The van der Waals surface area contributed by atoms with Crippen molar-refractivity contribution in [1.82, 2.24) is 5.32 Å². The van der Waals surface area contributed by atoms with Crippen LogP contribution in [0.25, 0.3) is 0 Å². The molecule has 0 aliphatic rings. The number of amides is 1. The molecule has 0 rings (SSSR count). The summed E-state index contributed by atoms with van der Waals surface area (Å²) in [7, 11) is 1.55. The van der Waals surface area contributed by atoms with Crippen molar-refractivity contribution in [2.45, 2.75) is 77.2 Å². The second kappa shape index (κ2) is 14.8. The fourth-order valence-corrected chi connectivity index (χ4v) is 2.21. The molecule has 0 radical (unpaired) electrons. The van der Waals surface area contributed by atoms with Gasteiger partial charge < -0.3 is 15.8 Å². The summed E-state index contributed by atoms with van der Waals surface area (Å²) in [6, 6.07) is -0.539. The molecule has 1 unspecified atom stereocenters. The van der Waals surface area contributed by atoms with Crippen LogP contribution < -0.4 is 11.1 Å². The Morgan fingerprint density at radius 3 is 2.00 bits per heavy atom. The molecule has 0 saturated carbocycles. The number of nitrogens with one attached hydrogen (secondary N) is 1. The van der Waals surface area contributed by atoms with E-state index >= 15 is 0 Å². The highest BCUT2D eigenvalue weighted by Crippen LogP contribution is 2.10. The molecular formula is C16H34N2O2. The topological polar surface area (TPSA) is 64.4 Å².